The van der Waals surface area contributed by atoms with Gasteiger partial charge in [-0.1, -0.05) is 73.9 Å². The van der Waals surface area contributed by atoms with Gasteiger partial charge >= 0.3 is 0 Å². The monoisotopic (exact) mass is 535 g/mol. The number of hydrogen-bond acceptors (Lipinski definition) is 3. The number of unbranched alkanes of at least 4 members (excludes halogenated alkanes) is 2. The Kier molecular flexibility index (Phi) is 10.2. The lowest BCUT2D eigenvalue weighted by Gasteiger charge is -2.39. The molecule has 0 N–H and O–H groups in total. The van der Waals surface area contributed by atoms with Crippen LogP contribution in [0.3, 0.4) is 0 Å². The van der Waals surface area contributed by atoms with E-state index in [1.54, 1.807) is 5.57 Å². The van der Waals surface area contributed by atoms with Crippen molar-refractivity contribution in [3.05, 3.63) is 101 Å². The van der Waals surface area contributed by atoms with E-state index >= 15 is 0 Å². The standard InChI is InChI=1S/C36H45N3O/c1-2-3-5-10-29-14-20-33(21-15-29)36(40)39(28-31-16-18-32(19-17-31)35-13-8-9-24-37-35)34-22-25-38(26-23-34)27-30-11-6-4-7-12-30/h8-9,11,13-21,24,34H,2-7,10,12,22-23,25-28H2,1H3. The molecule has 0 unspecified atom stereocenters. The Morgan fingerprint density at radius 2 is 1.70 bits per heavy atom. The molecule has 3 aromatic rings. The first-order chi connectivity index (χ1) is 19.7. The normalized spacial score (nSPS) is 16.5. The second-order valence-electron chi connectivity index (χ2n) is 11.6. The molecule has 0 bridgehead atoms. The van der Waals surface area contributed by atoms with Gasteiger partial charge in [-0.25, -0.2) is 0 Å². The van der Waals surface area contributed by atoms with Gasteiger partial charge in [-0.2, -0.15) is 0 Å². The number of likely N-dealkylation sites (tertiary alicyclic amines) is 1. The van der Waals surface area contributed by atoms with Crippen molar-refractivity contribution in [1.29, 1.82) is 0 Å². The number of pyridine rings is 1. The van der Waals surface area contributed by atoms with Crippen molar-refractivity contribution in [3.8, 4) is 11.3 Å². The summed E-state index contributed by atoms with van der Waals surface area (Å²) in [6, 6.07) is 23.2. The topological polar surface area (TPSA) is 36.4 Å². The summed E-state index contributed by atoms with van der Waals surface area (Å²) in [5.41, 5.74) is 6.99. The summed E-state index contributed by atoms with van der Waals surface area (Å²) < 4.78 is 0. The summed E-state index contributed by atoms with van der Waals surface area (Å²) in [5.74, 6) is 0.155. The van der Waals surface area contributed by atoms with E-state index in [-0.39, 0.29) is 11.9 Å². The number of amides is 1. The maximum atomic E-state index is 14.0. The summed E-state index contributed by atoms with van der Waals surface area (Å²) in [6.45, 7) is 6.09. The Bertz CT molecular complexity index is 1230. The van der Waals surface area contributed by atoms with E-state index in [9.17, 15) is 4.79 Å². The van der Waals surface area contributed by atoms with Gasteiger partial charge in [-0.3, -0.25) is 14.7 Å². The van der Waals surface area contributed by atoms with Crippen molar-refractivity contribution in [2.45, 2.75) is 83.7 Å². The molecule has 5 rings (SSSR count). The third-order valence-electron chi connectivity index (χ3n) is 8.61. The number of hydrogen-bond donors (Lipinski definition) is 0. The highest BCUT2D eigenvalue weighted by Gasteiger charge is 2.29. The van der Waals surface area contributed by atoms with E-state index in [1.807, 2.05) is 36.5 Å². The van der Waals surface area contributed by atoms with Crippen LogP contribution in [0.25, 0.3) is 11.3 Å². The van der Waals surface area contributed by atoms with Crippen molar-refractivity contribution in [3.63, 3.8) is 0 Å². The van der Waals surface area contributed by atoms with E-state index in [2.05, 4.69) is 64.2 Å². The van der Waals surface area contributed by atoms with E-state index in [0.29, 0.717) is 6.54 Å². The summed E-state index contributed by atoms with van der Waals surface area (Å²) >= 11 is 0. The largest absolute Gasteiger partial charge is 0.331 e. The molecule has 1 aromatic heterocycles. The molecule has 2 aliphatic rings. The molecule has 1 amide bonds. The summed E-state index contributed by atoms with van der Waals surface area (Å²) in [7, 11) is 0. The lowest BCUT2D eigenvalue weighted by atomic mass is 9.96. The first-order valence-electron chi connectivity index (χ1n) is 15.5. The molecule has 1 aliphatic heterocycles. The highest BCUT2D eigenvalue weighted by Crippen LogP contribution is 2.26. The molecule has 0 spiro atoms. The number of piperidine rings is 1. The maximum Gasteiger partial charge on any atom is 0.254 e. The lowest BCUT2D eigenvalue weighted by molar-refractivity contribution is 0.0556. The van der Waals surface area contributed by atoms with Gasteiger partial charge in [-0.05, 0) is 86.8 Å². The van der Waals surface area contributed by atoms with Crippen molar-refractivity contribution >= 4 is 5.91 Å². The van der Waals surface area contributed by atoms with Crippen molar-refractivity contribution in [2.24, 2.45) is 0 Å². The highest BCUT2D eigenvalue weighted by molar-refractivity contribution is 5.94. The molecule has 0 saturated carbocycles. The van der Waals surface area contributed by atoms with Crippen LogP contribution in [0.2, 0.25) is 0 Å². The second kappa shape index (κ2) is 14.4. The minimum Gasteiger partial charge on any atom is -0.331 e. The molecule has 0 atom stereocenters. The lowest BCUT2D eigenvalue weighted by Crippen LogP contribution is -2.47. The van der Waals surface area contributed by atoms with Gasteiger partial charge in [0.15, 0.2) is 0 Å². The van der Waals surface area contributed by atoms with Gasteiger partial charge in [0.05, 0.1) is 5.69 Å². The van der Waals surface area contributed by atoms with E-state index < -0.39 is 0 Å². The van der Waals surface area contributed by atoms with Gasteiger partial charge < -0.3 is 4.90 Å². The Morgan fingerprint density at radius 3 is 2.38 bits per heavy atom. The van der Waals surface area contributed by atoms with Crippen LogP contribution in [-0.4, -0.2) is 46.4 Å². The number of nitrogens with zero attached hydrogens (tertiary/aromatic N) is 3. The number of aromatic nitrogens is 1. The van der Waals surface area contributed by atoms with Crippen molar-refractivity contribution in [1.82, 2.24) is 14.8 Å². The van der Waals surface area contributed by atoms with E-state index in [1.165, 1.54) is 56.1 Å². The molecule has 1 saturated heterocycles. The van der Waals surface area contributed by atoms with Crippen molar-refractivity contribution in [2.75, 3.05) is 19.6 Å². The predicted molar refractivity (Wildman–Crippen MR) is 165 cm³/mol. The van der Waals surface area contributed by atoms with Gasteiger partial charge in [0.1, 0.15) is 0 Å². The first kappa shape index (κ1) is 28.3. The Balaban J connectivity index is 1.29. The van der Waals surface area contributed by atoms with E-state index in [4.69, 9.17) is 0 Å². The van der Waals surface area contributed by atoms with Gasteiger partial charge in [0.2, 0.25) is 0 Å². The maximum absolute atomic E-state index is 14.0. The van der Waals surface area contributed by atoms with Gasteiger partial charge in [-0.15, -0.1) is 0 Å². The molecule has 4 heteroatoms. The van der Waals surface area contributed by atoms with Crippen LogP contribution in [-0.2, 0) is 13.0 Å². The highest BCUT2D eigenvalue weighted by atomic mass is 16.2. The molecular formula is C36H45N3O. The summed E-state index contributed by atoms with van der Waals surface area (Å²) in [4.78, 5) is 23.2. The summed E-state index contributed by atoms with van der Waals surface area (Å²) in [5, 5.41) is 0. The Morgan fingerprint density at radius 1 is 0.925 bits per heavy atom. The second-order valence-corrected chi connectivity index (χ2v) is 11.6. The molecule has 4 nitrogen and oxygen atoms in total. The molecular weight excluding hydrogens is 490 g/mol. The van der Waals surface area contributed by atoms with Crippen LogP contribution >= 0.6 is 0 Å². The number of carbonyl (C=O) groups is 1. The number of allylic oxidation sites excluding steroid dienone is 1. The molecule has 2 aromatic carbocycles. The van der Waals surface area contributed by atoms with Gasteiger partial charge in [0, 0.05) is 49.5 Å². The molecule has 40 heavy (non-hydrogen) atoms. The Labute approximate surface area is 241 Å². The zero-order valence-electron chi connectivity index (χ0n) is 24.2. The molecule has 210 valence electrons. The Hall–Kier alpha value is -3.24. The SMILES string of the molecule is CCCCCc1ccc(C(=O)N(Cc2ccc(-c3ccccn3)cc2)C2CCN(CC3=CCCCC3)CC2)cc1. The van der Waals surface area contributed by atoms with Crippen LogP contribution in [0.15, 0.2) is 84.6 Å². The van der Waals surface area contributed by atoms with Crippen LogP contribution in [0, 0.1) is 0 Å². The predicted octanol–water partition coefficient (Wildman–Crippen LogP) is 8.09. The smallest absolute Gasteiger partial charge is 0.254 e. The number of rotatable bonds is 11. The quantitative estimate of drug-likeness (QED) is 0.184. The minimum atomic E-state index is 0.155. The average molecular weight is 536 g/mol. The van der Waals surface area contributed by atoms with Crippen LogP contribution in [0.4, 0.5) is 0 Å². The third-order valence-corrected chi connectivity index (χ3v) is 8.61. The van der Waals surface area contributed by atoms with Crippen LogP contribution in [0.5, 0.6) is 0 Å². The average Bonchev–Trinajstić information content (AvgIpc) is 3.02. The third kappa shape index (κ3) is 7.69. The molecule has 0 radical (unpaired) electrons. The zero-order valence-corrected chi connectivity index (χ0v) is 24.2. The minimum absolute atomic E-state index is 0.155. The number of aryl methyl sites for hydroxylation is 1. The number of benzene rings is 2. The van der Waals surface area contributed by atoms with Crippen LogP contribution < -0.4 is 0 Å². The fourth-order valence-corrected chi connectivity index (χ4v) is 6.16. The summed E-state index contributed by atoms with van der Waals surface area (Å²) in [6.07, 6.45) is 16.3. The number of carbonyl (C=O) groups excluding carboxylic acids is 1. The zero-order chi connectivity index (χ0) is 27.6. The van der Waals surface area contributed by atoms with Gasteiger partial charge in [0.25, 0.3) is 5.91 Å². The first-order valence-corrected chi connectivity index (χ1v) is 15.5. The van der Waals surface area contributed by atoms with E-state index in [0.717, 1.165) is 55.7 Å². The van der Waals surface area contributed by atoms with Crippen LogP contribution in [0.1, 0.15) is 86.2 Å². The molecule has 1 aliphatic carbocycles. The van der Waals surface area contributed by atoms with Crippen molar-refractivity contribution < 1.29 is 4.79 Å². The molecule has 2 heterocycles. The molecule has 1 fully saturated rings. The fraction of sp³-hybridized carbons (Fsp3) is 0.444. The fourth-order valence-electron chi connectivity index (χ4n) is 6.16.